The number of aromatic amines is 1. The molecule has 0 amide bonds. The molecule has 3 rings (SSSR count). The maximum atomic E-state index is 9.55. The standard InChI is InChI=1S/C17H23N3O.C4H4O4/c1-14-16(15-8-4-2-5-9-15)18-19-17(14)21-13-12-20-10-6-3-7-11-20;5-3(6)1-2-4(7)8/h2,4-5,8-9H,3,6-7,10-13H2,1H3,(H,18,19);1-2H,(H,5,6)(H,7,8)/b;2-1+. The van der Waals surface area contributed by atoms with Crippen LogP contribution in [0.15, 0.2) is 42.5 Å². The van der Waals surface area contributed by atoms with Gasteiger partial charge in [-0.15, -0.1) is 5.10 Å². The molecule has 156 valence electrons. The first-order valence-corrected chi connectivity index (χ1v) is 9.57. The zero-order chi connectivity index (χ0) is 21.1. The lowest BCUT2D eigenvalue weighted by Crippen LogP contribution is -2.33. The van der Waals surface area contributed by atoms with Gasteiger partial charge in [0.2, 0.25) is 5.88 Å². The number of H-pyrrole nitrogens is 1. The fourth-order valence-electron chi connectivity index (χ4n) is 3.00. The Balaban J connectivity index is 0.000000321. The van der Waals surface area contributed by atoms with E-state index in [1.54, 1.807) is 0 Å². The number of hydrogen-bond acceptors (Lipinski definition) is 5. The van der Waals surface area contributed by atoms with E-state index in [1.807, 2.05) is 18.2 Å². The lowest BCUT2D eigenvalue weighted by molar-refractivity contribution is -0.134. The van der Waals surface area contributed by atoms with E-state index >= 15 is 0 Å². The third-order valence-electron chi connectivity index (χ3n) is 4.49. The van der Waals surface area contributed by atoms with Gasteiger partial charge in [0.15, 0.2) is 0 Å². The monoisotopic (exact) mass is 401 g/mol. The van der Waals surface area contributed by atoms with Gasteiger partial charge in [0.25, 0.3) is 0 Å². The summed E-state index contributed by atoms with van der Waals surface area (Å²) in [5.74, 6) is -1.79. The molecule has 1 aromatic heterocycles. The molecule has 0 unspecified atom stereocenters. The maximum Gasteiger partial charge on any atom is 0.328 e. The Morgan fingerprint density at radius 1 is 1.10 bits per heavy atom. The molecule has 2 heterocycles. The number of rotatable bonds is 7. The SMILES string of the molecule is Cc1c(OCCN2CCCCC2)n[nH]c1-c1ccccc1.O=C(O)/C=C/C(=O)O. The second-order valence-corrected chi connectivity index (χ2v) is 6.66. The summed E-state index contributed by atoms with van der Waals surface area (Å²) in [4.78, 5) is 21.6. The fourth-order valence-corrected chi connectivity index (χ4v) is 3.00. The molecule has 1 aliphatic heterocycles. The molecule has 8 nitrogen and oxygen atoms in total. The van der Waals surface area contributed by atoms with E-state index in [-0.39, 0.29) is 0 Å². The number of ether oxygens (including phenoxy) is 1. The molecule has 0 atom stereocenters. The summed E-state index contributed by atoms with van der Waals surface area (Å²) in [5.41, 5.74) is 3.27. The predicted molar refractivity (Wildman–Crippen MR) is 109 cm³/mol. The summed E-state index contributed by atoms with van der Waals surface area (Å²) in [6, 6.07) is 10.3. The number of hydrogen-bond donors (Lipinski definition) is 3. The largest absolute Gasteiger partial charge is 0.478 e. The summed E-state index contributed by atoms with van der Waals surface area (Å²) in [5, 5.41) is 23.0. The van der Waals surface area contributed by atoms with Crippen LogP contribution in [0.25, 0.3) is 11.3 Å². The minimum atomic E-state index is -1.26. The Bertz CT molecular complexity index is 795. The summed E-state index contributed by atoms with van der Waals surface area (Å²) >= 11 is 0. The van der Waals surface area contributed by atoms with Crippen molar-refractivity contribution in [3.05, 3.63) is 48.0 Å². The summed E-state index contributed by atoms with van der Waals surface area (Å²) in [7, 11) is 0. The Labute approximate surface area is 169 Å². The van der Waals surface area contributed by atoms with Gasteiger partial charge in [-0.05, 0) is 38.4 Å². The molecule has 3 N–H and O–H groups in total. The molecular formula is C21H27N3O5. The van der Waals surface area contributed by atoms with E-state index in [0.29, 0.717) is 18.8 Å². The van der Waals surface area contributed by atoms with Crippen molar-refractivity contribution in [3.63, 3.8) is 0 Å². The van der Waals surface area contributed by atoms with Gasteiger partial charge in [0, 0.05) is 24.3 Å². The number of carbonyl (C=O) groups is 2. The van der Waals surface area contributed by atoms with Crippen LogP contribution in [0.2, 0.25) is 0 Å². The second kappa shape index (κ2) is 11.7. The Hall–Kier alpha value is -3.13. The van der Waals surface area contributed by atoms with Crippen LogP contribution in [-0.2, 0) is 9.59 Å². The molecule has 0 saturated carbocycles. The molecule has 0 aliphatic carbocycles. The summed E-state index contributed by atoms with van der Waals surface area (Å²) < 4.78 is 5.86. The van der Waals surface area contributed by atoms with E-state index in [9.17, 15) is 9.59 Å². The molecule has 1 aliphatic rings. The number of benzene rings is 1. The molecule has 0 radical (unpaired) electrons. The van der Waals surface area contributed by atoms with Crippen molar-refractivity contribution in [3.8, 4) is 17.1 Å². The van der Waals surface area contributed by atoms with Crippen molar-refractivity contribution in [1.82, 2.24) is 15.1 Å². The first-order valence-electron chi connectivity index (χ1n) is 9.57. The summed E-state index contributed by atoms with van der Waals surface area (Å²) in [6.45, 7) is 6.17. The van der Waals surface area contributed by atoms with Gasteiger partial charge in [-0.3, -0.25) is 10.00 Å². The lowest BCUT2D eigenvalue weighted by Gasteiger charge is -2.25. The van der Waals surface area contributed by atoms with E-state index in [1.165, 1.54) is 32.4 Å². The second-order valence-electron chi connectivity index (χ2n) is 6.66. The van der Waals surface area contributed by atoms with Crippen molar-refractivity contribution in [2.75, 3.05) is 26.2 Å². The molecule has 29 heavy (non-hydrogen) atoms. The zero-order valence-electron chi connectivity index (χ0n) is 16.5. The average Bonchev–Trinajstić information content (AvgIpc) is 3.09. The minimum absolute atomic E-state index is 0.558. The van der Waals surface area contributed by atoms with Crippen molar-refractivity contribution in [2.24, 2.45) is 0 Å². The van der Waals surface area contributed by atoms with E-state index in [0.717, 1.165) is 29.2 Å². The molecule has 2 aromatic rings. The highest BCUT2D eigenvalue weighted by atomic mass is 16.5. The van der Waals surface area contributed by atoms with Gasteiger partial charge < -0.3 is 14.9 Å². The Morgan fingerprint density at radius 2 is 1.72 bits per heavy atom. The van der Waals surface area contributed by atoms with Crippen LogP contribution in [0.3, 0.4) is 0 Å². The van der Waals surface area contributed by atoms with Crippen molar-refractivity contribution < 1.29 is 24.5 Å². The number of carboxylic acid groups (broad SMARTS) is 2. The number of carboxylic acids is 2. The molecule has 0 bridgehead atoms. The van der Waals surface area contributed by atoms with Crippen LogP contribution in [0.4, 0.5) is 0 Å². The lowest BCUT2D eigenvalue weighted by atomic mass is 10.1. The van der Waals surface area contributed by atoms with E-state index in [2.05, 4.69) is 34.2 Å². The van der Waals surface area contributed by atoms with Crippen LogP contribution in [0.1, 0.15) is 24.8 Å². The number of likely N-dealkylation sites (tertiary alicyclic amines) is 1. The first kappa shape index (κ1) is 22.2. The zero-order valence-corrected chi connectivity index (χ0v) is 16.5. The Kier molecular flexibility index (Phi) is 8.91. The van der Waals surface area contributed by atoms with E-state index < -0.39 is 11.9 Å². The van der Waals surface area contributed by atoms with Crippen LogP contribution >= 0.6 is 0 Å². The number of aliphatic carboxylic acids is 2. The summed E-state index contributed by atoms with van der Waals surface area (Å²) in [6.07, 6.45) is 5.13. The number of nitrogens with zero attached hydrogens (tertiary/aromatic N) is 2. The van der Waals surface area contributed by atoms with Crippen LogP contribution in [0.5, 0.6) is 5.88 Å². The smallest absolute Gasteiger partial charge is 0.328 e. The van der Waals surface area contributed by atoms with Gasteiger partial charge in [-0.2, -0.15) is 0 Å². The van der Waals surface area contributed by atoms with Crippen LogP contribution in [-0.4, -0.2) is 63.5 Å². The number of nitrogens with one attached hydrogen (secondary N) is 1. The highest BCUT2D eigenvalue weighted by Gasteiger charge is 2.13. The highest BCUT2D eigenvalue weighted by Crippen LogP contribution is 2.26. The fraction of sp³-hybridized carbons (Fsp3) is 0.381. The third kappa shape index (κ3) is 7.79. The molecule has 0 spiro atoms. The molecular weight excluding hydrogens is 374 g/mol. The maximum absolute atomic E-state index is 9.55. The quantitative estimate of drug-likeness (QED) is 0.611. The molecule has 1 fully saturated rings. The van der Waals surface area contributed by atoms with Crippen LogP contribution in [0, 0.1) is 6.92 Å². The van der Waals surface area contributed by atoms with Gasteiger partial charge >= 0.3 is 11.9 Å². The van der Waals surface area contributed by atoms with Gasteiger partial charge in [0.05, 0.1) is 5.69 Å². The number of aromatic nitrogens is 2. The van der Waals surface area contributed by atoms with Gasteiger partial charge in [0.1, 0.15) is 6.61 Å². The van der Waals surface area contributed by atoms with Gasteiger partial charge in [-0.25, -0.2) is 9.59 Å². The molecule has 1 aromatic carbocycles. The molecule has 8 heteroatoms. The van der Waals surface area contributed by atoms with E-state index in [4.69, 9.17) is 14.9 Å². The van der Waals surface area contributed by atoms with Crippen molar-refractivity contribution in [1.29, 1.82) is 0 Å². The number of piperidine rings is 1. The first-order chi connectivity index (χ1) is 14.0. The normalized spacial score (nSPS) is 14.2. The average molecular weight is 401 g/mol. The minimum Gasteiger partial charge on any atom is -0.478 e. The predicted octanol–water partition coefficient (Wildman–Crippen LogP) is 2.96. The topological polar surface area (TPSA) is 116 Å². The molecule has 1 saturated heterocycles. The van der Waals surface area contributed by atoms with Gasteiger partial charge in [-0.1, -0.05) is 36.8 Å². The third-order valence-corrected chi connectivity index (χ3v) is 4.49. The Morgan fingerprint density at radius 3 is 2.31 bits per heavy atom. The van der Waals surface area contributed by atoms with Crippen LogP contribution < -0.4 is 4.74 Å². The van der Waals surface area contributed by atoms with Crippen molar-refractivity contribution in [2.45, 2.75) is 26.2 Å². The van der Waals surface area contributed by atoms with Crippen molar-refractivity contribution >= 4 is 11.9 Å². The highest BCUT2D eigenvalue weighted by molar-refractivity contribution is 5.89.